The second kappa shape index (κ2) is 8.36. The van der Waals surface area contributed by atoms with E-state index in [0.29, 0.717) is 16.5 Å². The van der Waals surface area contributed by atoms with Crippen LogP contribution in [0.1, 0.15) is 11.1 Å². The molecular weight excluding hydrogens is 328 g/mol. The molecule has 0 unspecified atom stereocenters. The predicted octanol–water partition coefficient (Wildman–Crippen LogP) is 2.95. The van der Waals surface area contributed by atoms with E-state index >= 15 is 0 Å². The third-order valence-electron chi connectivity index (χ3n) is 3.37. The largest absolute Gasteiger partial charge is 0.495 e. The van der Waals surface area contributed by atoms with Crippen molar-refractivity contribution in [2.45, 2.75) is 13.3 Å². The van der Waals surface area contributed by atoms with E-state index in [-0.39, 0.29) is 24.8 Å². The molecular formula is C18H19ClN2O3. The number of aryl methyl sites for hydroxylation is 1. The van der Waals surface area contributed by atoms with Crippen LogP contribution in [-0.2, 0) is 16.0 Å². The van der Waals surface area contributed by atoms with Gasteiger partial charge in [-0.15, -0.1) is 0 Å². The zero-order valence-corrected chi connectivity index (χ0v) is 14.3. The molecule has 2 N–H and O–H groups in total. The number of hydrogen-bond donors (Lipinski definition) is 2. The monoisotopic (exact) mass is 346 g/mol. The number of amides is 2. The second-order valence-corrected chi connectivity index (χ2v) is 5.77. The third-order valence-corrected chi connectivity index (χ3v) is 3.60. The van der Waals surface area contributed by atoms with Gasteiger partial charge in [-0.2, -0.15) is 0 Å². The van der Waals surface area contributed by atoms with E-state index in [1.165, 1.54) is 7.11 Å². The van der Waals surface area contributed by atoms with Crippen LogP contribution in [0.15, 0.2) is 42.5 Å². The summed E-state index contributed by atoms with van der Waals surface area (Å²) >= 11 is 5.91. The number of benzene rings is 2. The highest BCUT2D eigenvalue weighted by molar-refractivity contribution is 6.31. The van der Waals surface area contributed by atoms with Gasteiger partial charge in [0.15, 0.2) is 0 Å². The van der Waals surface area contributed by atoms with Crippen LogP contribution in [0, 0.1) is 6.92 Å². The topological polar surface area (TPSA) is 67.4 Å². The lowest BCUT2D eigenvalue weighted by atomic mass is 10.1. The second-order valence-electron chi connectivity index (χ2n) is 5.33. The summed E-state index contributed by atoms with van der Waals surface area (Å²) in [6.07, 6.45) is 0.230. The van der Waals surface area contributed by atoms with Crippen LogP contribution in [0.5, 0.6) is 5.75 Å². The van der Waals surface area contributed by atoms with E-state index in [1.54, 1.807) is 18.2 Å². The van der Waals surface area contributed by atoms with Crippen LogP contribution < -0.4 is 15.4 Å². The first kappa shape index (κ1) is 17.8. The van der Waals surface area contributed by atoms with Gasteiger partial charge in [-0.1, -0.05) is 41.4 Å². The van der Waals surface area contributed by atoms with Gasteiger partial charge in [-0.3, -0.25) is 9.59 Å². The Labute approximate surface area is 146 Å². The molecule has 0 aliphatic rings. The van der Waals surface area contributed by atoms with E-state index in [9.17, 15) is 9.59 Å². The molecule has 2 amide bonds. The van der Waals surface area contributed by atoms with Crippen LogP contribution >= 0.6 is 11.6 Å². The first-order valence-corrected chi connectivity index (χ1v) is 7.81. The summed E-state index contributed by atoms with van der Waals surface area (Å²) in [6, 6.07) is 12.6. The minimum atomic E-state index is -0.354. The molecule has 6 heteroatoms. The van der Waals surface area contributed by atoms with Crippen molar-refractivity contribution in [3.05, 3.63) is 58.6 Å². The maximum atomic E-state index is 12.0. The van der Waals surface area contributed by atoms with Crippen molar-refractivity contribution in [2.75, 3.05) is 19.0 Å². The molecule has 0 heterocycles. The van der Waals surface area contributed by atoms with E-state index in [2.05, 4.69) is 10.6 Å². The van der Waals surface area contributed by atoms with Gasteiger partial charge in [0.1, 0.15) is 5.75 Å². The molecule has 0 aliphatic carbocycles. The number of methoxy groups -OCH3 is 1. The van der Waals surface area contributed by atoms with Gasteiger partial charge in [0.25, 0.3) is 0 Å². The van der Waals surface area contributed by atoms with Gasteiger partial charge in [-0.25, -0.2) is 0 Å². The Morgan fingerprint density at radius 3 is 2.46 bits per heavy atom. The van der Waals surface area contributed by atoms with Crippen molar-refractivity contribution in [1.82, 2.24) is 5.32 Å². The predicted molar refractivity (Wildman–Crippen MR) is 94.5 cm³/mol. The molecule has 0 saturated carbocycles. The fraction of sp³-hybridized carbons (Fsp3) is 0.222. The minimum Gasteiger partial charge on any atom is -0.495 e. The molecule has 0 radical (unpaired) electrons. The van der Waals surface area contributed by atoms with E-state index in [0.717, 1.165) is 11.1 Å². The Kier molecular flexibility index (Phi) is 6.21. The van der Waals surface area contributed by atoms with Crippen molar-refractivity contribution in [3.8, 4) is 5.75 Å². The molecule has 0 aliphatic heterocycles. The van der Waals surface area contributed by atoms with Crippen molar-refractivity contribution in [3.63, 3.8) is 0 Å². The highest BCUT2D eigenvalue weighted by Gasteiger charge is 2.10. The number of halogens is 1. The van der Waals surface area contributed by atoms with Gasteiger partial charge in [0.05, 0.1) is 25.8 Å². The number of nitrogens with one attached hydrogen (secondary N) is 2. The Morgan fingerprint density at radius 1 is 1.08 bits per heavy atom. The maximum absolute atomic E-state index is 12.0. The maximum Gasteiger partial charge on any atom is 0.243 e. The van der Waals surface area contributed by atoms with Crippen LogP contribution in [0.25, 0.3) is 0 Å². The Balaban J connectivity index is 1.85. The lowest BCUT2D eigenvalue weighted by Gasteiger charge is -2.11. The fourth-order valence-corrected chi connectivity index (χ4v) is 2.28. The smallest absolute Gasteiger partial charge is 0.243 e. The van der Waals surface area contributed by atoms with Crippen molar-refractivity contribution in [2.24, 2.45) is 0 Å². The average Bonchev–Trinajstić information content (AvgIpc) is 2.55. The summed E-state index contributed by atoms with van der Waals surface area (Å²) < 4.78 is 5.15. The van der Waals surface area contributed by atoms with E-state index in [4.69, 9.17) is 16.3 Å². The first-order valence-electron chi connectivity index (χ1n) is 7.43. The number of anilines is 1. The van der Waals surface area contributed by atoms with Crippen LogP contribution in [0.3, 0.4) is 0 Å². The van der Waals surface area contributed by atoms with Crippen LogP contribution in [0.4, 0.5) is 5.69 Å². The Hall–Kier alpha value is -2.53. The molecule has 0 aromatic heterocycles. The molecule has 0 spiro atoms. The van der Waals surface area contributed by atoms with Crippen molar-refractivity contribution >= 4 is 29.1 Å². The SMILES string of the molecule is COc1ccc(Cl)cc1NC(=O)CNC(=O)Cc1ccc(C)cc1. The number of carbonyl (C=O) groups excluding carboxylic acids is 2. The molecule has 126 valence electrons. The number of rotatable bonds is 6. The number of hydrogen-bond acceptors (Lipinski definition) is 3. The Morgan fingerprint density at radius 2 is 1.79 bits per heavy atom. The lowest BCUT2D eigenvalue weighted by molar-refractivity contribution is -0.123. The van der Waals surface area contributed by atoms with Gasteiger partial charge < -0.3 is 15.4 Å². The number of carbonyl (C=O) groups is 2. The highest BCUT2D eigenvalue weighted by atomic mass is 35.5. The van der Waals surface area contributed by atoms with E-state index in [1.807, 2.05) is 31.2 Å². The van der Waals surface area contributed by atoms with Crippen LogP contribution in [0.2, 0.25) is 5.02 Å². The van der Waals surface area contributed by atoms with Gasteiger partial charge in [0.2, 0.25) is 11.8 Å². The van der Waals surface area contributed by atoms with Crippen LogP contribution in [-0.4, -0.2) is 25.5 Å². The molecule has 0 atom stereocenters. The highest BCUT2D eigenvalue weighted by Crippen LogP contribution is 2.27. The molecule has 2 rings (SSSR count). The molecule has 0 fully saturated rings. The van der Waals surface area contributed by atoms with Gasteiger partial charge in [0, 0.05) is 5.02 Å². The molecule has 2 aromatic rings. The molecule has 0 bridgehead atoms. The number of ether oxygens (including phenoxy) is 1. The standard InChI is InChI=1S/C18H19ClN2O3/c1-12-3-5-13(6-4-12)9-17(22)20-11-18(23)21-15-10-14(19)7-8-16(15)24-2/h3-8,10H,9,11H2,1-2H3,(H,20,22)(H,21,23). The summed E-state index contributed by atoms with van der Waals surface area (Å²) in [5, 5.41) is 5.74. The average molecular weight is 347 g/mol. The third kappa shape index (κ3) is 5.28. The zero-order valence-electron chi connectivity index (χ0n) is 13.6. The first-order chi connectivity index (χ1) is 11.5. The normalized spacial score (nSPS) is 10.1. The summed E-state index contributed by atoms with van der Waals surface area (Å²) in [6.45, 7) is 1.86. The Bertz CT molecular complexity index is 730. The molecule has 24 heavy (non-hydrogen) atoms. The fourth-order valence-electron chi connectivity index (χ4n) is 2.10. The minimum absolute atomic E-state index is 0.125. The summed E-state index contributed by atoms with van der Waals surface area (Å²) in [7, 11) is 1.50. The molecule has 0 saturated heterocycles. The summed E-state index contributed by atoms with van der Waals surface area (Å²) in [4.78, 5) is 23.9. The summed E-state index contributed by atoms with van der Waals surface area (Å²) in [5.41, 5.74) is 2.49. The zero-order chi connectivity index (χ0) is 17.5. The van der Waals surface area contributed by atoms with Gasteiger partial charge >= 0.3 is 0 Å². The summed E-state index contributed by atoms with van der Waals surface area (Å²) in [5.74, 6) is -0.0707. The molecule has 2 aromatic carbocycles. The van der Waals surface area contributed by atoms with Gasteiger partial charge in [-0.05, 0) is 30.7 Å². The van der Waals surface area contributed by atoms with E-state index < -0.39 is 0 Å². The quantitative estimate of drug-likeness (QED) is 0.845. The molecule has 5 nitrogen and oxygen atoms in total. The van der Waals surface area contributed by atoms with Crippen molar-refractivity contribution in [1.29, 1.82) is 0 Å². The lowest BCUT2D eigenvalue weighted by Crippen LogP contribution is -2.33. The van der Waals surface area contributed by atoms with Crippen molar-refractivity contribution < 1.29 is 14.3 Å².